The molecule has 0 aromatic heterocycles. The summed E-state index contributed by atoms with van der Waals surface area (Å²) >= 11 is 0. The summed E-state index contributed by atoms with van der Waals surface area (Å²) in [5.74, 6) is 0. The van der Waals surface area contributed by atoms with Crippen LogP contribution in [0.25, 0.3) is 0 Å². The Morgan fingerprint density at radius 3 is 2.11 bits per heavy atom. The van der Waals surface area contributed by atoms with E-state index in [-0.39, 0.29) is 4.90 Å². The molecule has 1 heterocycles. The van der Waals surface area contributed by atoms with Crippen LogP contribution < -0.4 is 4.31 Å². The Morgan fingerprint density at radius 2 is 1.74 bits per heavy atom. The number of aliphatic hydroxyl groups is 1. The molecule has 19 heavy (non-hydrogen) atoms. The molecule has 1 aliphatic rings. The zero-order valence-electron chi connectivity index (χ0n) is 10.8. The summed E-state index contributed by atoms with van der Waals surface area (Å²) < 4.78 is 36.2. The summed E-state index contributed by atoms with van der Waals surface area (Å²) in [4.78, 5) is 0.816. The van der Waals surface area contributed by atoms with Crippen LogP contribution in [0.4, 0.5) is 5.69 Å². The average molecular weight is 301 g/mol. The molecular weight excluding hydrogens is 286 g/mol. The number of anilines is 1. The second-order valence-corrected chi connectivity index (χ2v) is 7.97. The highest BCUT2D eigenvalue weighted by Crippen LogP contribution is 2.32. The molecule has 5 nitrogen and oxygen atoms in total. The molecule has 0 fully saturated rings. The van der Waals surface area contributed by atoms with Crippen LogP contribution in [0.3, 0.4) is 0 Å². The quantitative estimate of drug-likeness (QED) is 0.890. The number of rotatable bonds is 2. The molecule has 1 aromatic rings. The van der Waals surface area contributed by atoms with Crippen molar-refractivity contribution in [1.82, 2.24) is 0 Å². The lowest BCUT2D eigenvalue weighted by Crippen LogP contribution is -2.31. The van der Waals surface area contributed by atoms with E-state index in [9.17, 15) is 17.7 Å². The first-order valence-corrected chi connectivity index (χ1v) is 8.60. The van der Waals surface area contributed by atoms with Crippen LogP contribution in [0.2, 0.25) is 0 Å². The van der Waals surface area contributed by atoms with Crippen LogP contribution in [-0.2, 0) is 20.8 Å². The molecule has 0 saturated carbocycles. The van der Waals surface area contributed by atoms with Gasteiger partial charge >= 0.3 is 0 Å². The van der Waals surface area contributed by atoms with Crippen molar-refractivity contribution in [2.24, 2.45) is 0 Å². The van der Waals surface area contributed by atoms with Gasteiger partial charge in [0, 0.05) is 11.2 Å². The third-order valence-electron chi connectivity index (χ3n) is 3.12. The molecule has 1 aromatic carbocycles. The van der Waals surface area contributed by atoms with Gasteiger partial charge in [0.1, 0.15) is 0 Å². The zero-order chi connectivity index (χ0) is 14.4. The van der Waals surface area contributed by atoms with Crippen molar-refractivity contribution in [1.29, 1.82) is 0 Å². The normalized spacial score (nSPS) is 24.1. The maximum atomic E-state index is 12.1. The van der Waals surface area contributed by atoms with Gasteiger partial charge in [-0.1, -0.05) is 0 Å². The van der Waals surface area contributed by atoms with Crippen molar-refractivity contribution < 1.29 is 17.7 Å². The van der Waals surface area contributed by atoms with Crippen LogP contribution in [0.1, 0.15) is 13.8 Å². The number of hydrogen-bond acceptors (Lipinski definition) is 4. The summed E-state index contributed by atoms with van der Waals surface area (Å²) in [7, 11) is -4.69. The van der Waals surface area contributed by atoms with E-state index in [0.717, 1.165) is 6.26 Å². The highest BCUT2D eigenvalue weighted by Gasteiger charge is 2.33. The molecule has 2 rings (SSSR count). The lowest BCUT2D eigenvalue weighted by molar-refractivity contribution is 0.227. The van der Waals surface area contributed by atoms with Gasteiger partial charge in [0.25, 0.3) is 0 Å². The van der Waals surface area contributed by atoms with Crippen molar-refractivity contribution in [3.05, 3.63) is 34.7 Å². The van der Waals surface area contributed by atoms with E-state index in [2.05, 4.69) is 0 Å². The molecule has 7 heteroatoms. The summed E-state index contributed by atoms with van der Waals surface area (Å²) in [5, 5.41) is 10.0. The van der Waals surface area contributed by atoms with Gasteiger partial charge in [0.15, 0.2) is 27.1 Å². The molecular formula is C12H15NO4S2. The molecule has 1 aliphatic heterocycles. The first-order chi connectivity index (χ1) is 8.73. The summed E-state index contributed by atoms with van der Waals surface area (Å²) in [6.07, 6.45) is 0.186. The zero-order valence-corrected chi connectivity index (χ0v) is 12.5. The first-order valence-electron chi connectivity index (χ1n) is 5.60. The van der Waals surface area contributed by atoms with Crippen LogP contribution >= 0.6 is 0 Å². The van der Waals surface area contributed by atoms with E-state index in [1.165, 1.54) is 16.4 Å². The SMILES string of the molecule is CC1=C(C)S(=O)N(c2ccc(S(C)(=O)=O)cc2)[C@@H]1O. The van der Waals surface area contributed by atoms with Gasteiger partial charge in [-0.25, -0.2) is 12.6 Å². The van der Waals surface area contributed by atoms with Crippen molar-refractivity contribution in [2.75, 3.05) is 10.6 Å². The highest BCUT2D eigenvalue weighted by atomic mass is 32.2. The molecule has 0 aliphatic carbocycles. The van der Waals surface area contributed by atoms with Crippen molar-refractivity contribution in [2.45, 2.75) is 25.0 Å². The predicted molar refractivity (Wildman–Crippen MR) is 74.6 cm³/mol. The molecule has 0 radical (unpaired) electrons. The first kappa shape index (κ1) is 14.2. The fraction of sp³-hybridized carbons (Fsp3) is 0.333. The average Bonchev–Trinajstić information content (AvgIpc) is 2.53. The maximum Gasteiger partial charge on any atom is 0.175 e. The van der Waals surface area contributed by atoms with E-state index >= 15 is 0 Å². The lowest BCUT2D eigenvalue weighted by atomic mass is 10.2. The number of aliphatic hydroxyl groups excluding tert-OH is 1. The Bertz CT molecular complexity index is 661. The van der Waals surface area contributed by atoms with Crippen molar-refractivity contribution in [3.63, 3.8) is 0 Å². The van der Waals surface area contributed by atoms with E-state index < -0.39 is 27.1 Å². The number of nitrogens with zero attached hydrogens (tertiary/aromatic N) is 1. The Hall–Kier alpha value is -1.18. The predicted octanol–water partition coefficient (Wildman–Crippen LogP) is 1.19. The van der Waals surface area contributed by atoms with Gasteiger partial charge in [-0.3, -0.25) is 4.31 Å². The van der Waals surface area contributed by atoms with E-state index in [0.29, 0.717) is 16.2 Å². The van der Waals surface area contributed by atoms with Gasteiger partial charge in [0.05, 0.1) is 10.6 Å². The third kappa shape index (κ3) is 2.45. The molecule has 0 amide bonds. The molecule has 0 bridgehead atoms. The van der Waals surface area contributed by atoms with Crippen molar-refractivity contribution >= 4 is 26.5 Å². The Labute approximate surface area is 115 Å². The van der Waals surface area contributed by atoms with Crippen LogP contribution in [0, 0.1) is 0 Å². The Balaban J connectivity index is 2.38. The second-order valence-electron chi connectivity index (χ2n) is 4.45. The van der Waals surface area contributed by atoms with E-state index in [4.69, 9.17) is 0 Å². The molecule has 1 N–H and O–H groups in total. The third-order valence-corrected chi connectivity index (χ3v) is 5.87. The Kier molecular flexibility index (Phi) is 3.55. The minimum Gasteiger partial charge on any atom is -0.369 e. The largest absolute Gasteiger partial charge is 0.369 e. The van der Waals surface area contributed by atoms with Gasteiger partial charge in [-0.2, -0.15) is 0 Å². The highest BCUT2D eigenvalue weighted by molar-refractivity contribution is 7.91. The Morgan fingerprint density at radius 1 is 1.21 bits per heavy atom. The number of benzene rings is 1. The fourth-order valence-corrected chi connectivity index (χ4v) is 3.77. The molecule has 0 saturated heterocycles. The smallest absolute Gasteiger partial charge is 0.175 e. The molecule has 1 unspecified atom stereocenters. The van der Waals surface area contributed by atoms with Crippen LogP contribution in [-0.4, -0.2) is 30.2 Å². The van der Waals surface area contributed by atoms with Crippen molar-refractivity contribution in [3.8, 4) is 0 Å². The van der Waals surface area contributed by atoms with Gasteiger partial charge in [-0.15, -0.1) is 0 Å². The number of allylic oxidation sites excluding steroid dienone is 1. The van der Waals surface area contributed by atoms with Crippen LogP contribution in [0.5, 0.6) is 0 Å². The minimum atomic E-state index is -3.26. The lowest BCUT2D eigenvalue weighted by Gasteiger charge is -2.22. The minimum absolute atomic E-state index is 0.192. The van der Waals surface area contributed by atoms with Gasteiger partial charge in [0.2, 0.25) is 0 Å². The summed E-state index contributed by atoms with van der Waals surface area (Å²) in [6.45, 7) is 3.43. The number of sulfone groups is 1. The number of hydrogen-bond donors (Lipinski definition) is 1. The van der Waals surface area contributed by atoms with Crippen LogP contribution in [0.15, 0.2) is 39.6 Å². The molecule has 2 atom stereocenters. The monoisotopic (exact) mass is 301 g/mol. The fourth-order valence-electron chi connectivity index (χ4n) is 1.81. The van der Waals surface area contributed by atoms with Gasteiger partial charge < -0.3 is 5.11 Å². The topological polar surface area (TPSA) is 74.7 Å². The van der Waals surface area contributed by atoms with E-state index in [1.54, 1.807) is 26.0 Å². The van der Waals surface area contributed by atoms with E-state index in [1.807, 2.05) is 0 Å². The van der Waals surface area contributed by atoms with Gasteiger partial charge in [-0.05, 0) is 43.7 Å². The molecule has 0 spiro atoms. The maximum absolute atomic E-state index is 12.1. The summed E-state index contributed by atoms with van der Waals surface area (Å²) in [5.41, 5.74) is 1.18. The summed E-state index contributed by atoms with van der Waals surface area (Å²) in [6, 6.07) is 5.97. The second kappa shape index (κ2) is 4.73. The molecule has 104 valence electrons. The standard InChI is InChI=1S/C12H15NO4S2/c1-8-9(2)18(15)13(12(8)14)10-4-6-11(7-5-10)19(3,16)17/h4-7,12,14H,1-3H3/t12-,18?/m1/s1.